The number of rotatable bonds is 4. The number of ether oxygens (including phenoxy) is 2. The van der Waals surface area contributed by atoms with Crippen molar-refractivity contribution < 1.29 is 24.2 Å². The second-order valence-electron chi connectivity index (χ2n) is 10.6. The van der Waals surface area contributed by atoms with Crippen molar-refractivity contribution in [1.29, 1.82) is 0 Å². The summed E-state index contributed by atoms with van der Waals surface area (Å²) in [5, 5.41) is 11.4. The number of carbonyl (C=O) groups excluding carboxylic acids is 2. The molecule has 1 saturated heterocycles. The predicted molar refractivity (Wildman–Crippen MR) is 113 cm³/mol. The minimum absolute atomic E-state index is 0.0721. The van der Waals surface area contributed by atoms with Gasteiger partial charge in [-0.2, -0.15) is 0 Å². The predicted octanol–water partition coefficient (Wildman–Crippen LogP) is 4.61. The summed E-state index contributed by atoms with van der Waals surface area (Å²) in [4.78, 5) is 24.1. The van der Waals surface area contributed by atoms with E-state index in [4.69, 9.17) is 9.47 Å². The van der Waals surface area contributed by atoms with Gasteiger partial charge in [-0.1, -0.05) is 25.0 Å². The van der Waals surface area contributed by atoms with Gasteiger partial charge >= 0.3 is 11.9 Å². The second-order valence-corrected chi connectivity index (χ2v) is 10.6. The molecule has 1 N–H and O–H groups in total. The Bertz CT molecular complexity index is 863. The Morgan fingerprint density at radius 3 is 2.67 bits per heavy atom. The van der Waals surface area contributed by atoms with Gasteiger partial charge in [0.05, 0.1) is 11.0 Å². The molecule has 0 spiro atoms. The van der Waals surface area contributed by atoms with Crippen LogP contribution in [0, 0.1) is 22.7 Å². The maximum Gasteiger partial charge on any atom is 0.336 e. The third-order valence-corrected chi connectivity index (χ3v) is 8.35. The van der Waals surface area contributed by atoms with Crippen molar-refractivity contribution in [3.05, 3.63) is 35.1 Å². The van der Waals surface area contributed by atoms with Crippen LogP contribution in [0.4, 0.5) is 0 Å². The number of aliphatic hydroxyl groups is 1. The van der Waals surface area contributed by atoms with E-state index < -0.39 is 11.0 Å². The summed E-state index contributed by atoms with van der Waals surface area (Å²) in [7, 11) is 0. The molecule has 3 fully saturated rings. The molecule has 2 aliphatic heterocycles. The smallest absolute Gasteiger partial charge is 0.336 e. The van der Waals surface area contributed by atoms with Crippen molar-refractivity contribution in [2.75, 3.05) is 0 Å². The molecule has 0 amide bonds. The summed E-state index contributed by atoms with van der Waals surface area (Å²) < 4.78 is 11.0. The van der Waals surface area contributed by atoms with Gasteiger partial charge in [0, 0.05) is 18.4 Å². The highest BCUT2D eigenvalue weighted by Crippen LogP contribution is 2.66. The zero-order valence-electron chi connectivity index (χ0n) is 18.8. The van der Waals surface area contributed by atoms with Crippen LogP contribution in [0.1, 0.15) is 73.1 Å². The van der Waals surface area contributed by atoms with E-state index in [0.717, 1.165) is 37.7 Å². The SMILES string of the molecule is CC1=CC(=O)O/C1=C\C=C(/C)CC[C@@H]1[C@@]2(C)CCC[C@@]3(C)C(=O)O[C@@H](C[C@@]1(C)O)[C@H]23. The highest BCUT2D eigenvalue weighted by atomic mass is 16.6. The highest BCUT2D eigenvalue weighted by Gasteiger charge is 2.69. The standard InChI is InChI=1S/C25H34O5/c1-15(7-9-17-16(2)13-20(26)29-17)8-10-19-23(3)11-6-12-24(4)21(23)18(30-22(24)27)14-25(19,5)28/h7,9,13,18-19,21,28H,6,8,10-12,14H2,1-5H3/b15-7+,17-9-/t18-,19+,21+,23+,24+,25+/m0/s1. The minimum Gasteiger partial charge on any atom is -0.461 e. The van der Waals surface area contributed by atoms with Crippen molar-refractivity contribution in [3.8, 4) is 0 Å². The van der Waals surface area contributed by atoms with Crippen molar-refractivity contribution in [1.82, 2.24) is 0 Å². The highest BCUT2D eigenvalue weighted by molar-refractivity contribution is 5.88. The Labute approximate surface area is 179 Å². The van der Waals surface area contributed by atoms with Gasteiger partial charge < -0.3 is 14.6 Å². The molecule has 30 heavy (non-hydrogen) atoms. The molecular formula is C25H34O5. The fourth-order valence-corrected chi connectivity index (χ4v) is 7.04. The van der Waals surface area contributed by atoms with Crippen molar-refractivity contribution in [3.63, 3.8) is 0 Å². The van der Waals surface area contributed by atoms with E-state index >= 15 is 0 Å². The van der Waals surface area contributed by atoms with Crippen LogP contribution in [0.5, 0.6) is 0 Å². The topological polar surface area (TPSA) is 72.8 Å². The molecule has 0 aromatic carbocycles. The number of esters is 2. The molecule has 2 saturated carbocycles. The molecule has 4 aliphatic rings. The third kappa shape index (κ3) is 3.26. The minimum atomic E-state index is -0.863. The third-order valence-electron chi connectivity index (χ3n) is 8.35. The van der Waals surface area contributed by atoms with Gasteiger partial charge in [0.15, 0.2) is 0 Å². The molecule has 0 unspecified atom stereocenters. The summed E-state index contributed by atoms with van der Waals surface area (Å²) >= 11 is 0. The van der Waals surface area contributed by atoms with Gasteiger partial charge in [0.25, 0.3) is 0 Å². The first-order chi connectivity index (χ1) is 14.0. The van der Waals surface area contributed by atoms with Gasteiger partial charge in [-0.15, -0.1) is 0 Å². The van der Waals surface area contributed by atoms with Gasteiger partial charge in [0.1, 0.15) is 11.9 Å². The largest absolute Gasteiger partial charge is 0.461 e. The Morgan fingerprint density at radius 2 is 2.00 bits per heavy atom. The van der Waals surface area contributed by atoms with Gasteiger partial charge in [-0.25, -0.2) is 4.79 Å². The van der Waals surface area contributed by atoms with Crippen LogP contribution < -0.4 is 0 Å². The first-order valence-corrected chi connectivity index (χ1v) is 11.2. The Morgan fingerprint density at radius 1 is 1.27 bits per heavy atom. The summed E-state index contributed by atoms with van der Waals surface area (Å²) in [6.45, 7) is 10.2. The van der Waals surface area contributed by atoms with Crippen LogP contribution in [0.15, 0.2) is 35.1 Å². The molecule has 0 bridgehead atoms. The Balaban J connectivity index is 1.54. The summed E-state index contributed by atoms with van der Waals surface area (Å²) in [5.41, 5.74) is 0.614. The number of hydrogen-bond acceptors (Lipinski definition) is 5. The molecule has 0 aromatic heterocycles. The van der Waals surface area contributed by atoms with E-state index in [-0.39, 0.29) is 35.3 Å². The lowest BCUT2D eigenvalue weighted by atomic mass is 9.45. The Hall–Kier alpha value is -1.88. The maximum absolute atomic E-state index is 12.7. The lowest BCUT2D eigenvalue weighted by Gasteiger charge is -2.59. The normalized spacial score (nSPS) is 44.6. The number of carbonyl (C=O) groups is 2. The lowest BCUT2D eigenvalue weighted by molar-refractivity contribution is -0.181. The summed E-state index contributed by atoms with van der Waals surface area (Å²) in [6, 6.07) is 0. The maximum atomic E-state index is 12.7. The number of cyclic esters (lactones) is 1. The molecule has 5 heteroatoms. The molecule has 164 valence electrons. The first-order valence-electron chi connectivity index (χ1n) is 11.2. The Kier molecular flexibility index (Phi) is 5.04. The van der Waals surface area contributed by atoms with E-state index in [0.29, 0.717) is 12.2 Å². The van der Waals surface area contributed by atoms with Crippen LogP contribution in [0.3, 0.4) is 0 Å². The average molecular weight is 415 g/mol. The molecule has 2 aliphatic carbocycles. The van der Waals surface area contributed by atoms with E-state index in [1.807, 2.05) is 26.0 Å². The van der Waals surface area contributed by atoms with E-state index in [9.17, 15) is 14.7 Å². The van der Waals surface area contributed by atoms with Crippen LogP contribution in [-0.2, 0) is 19.1 Å². The number of allylic oxidation sites excluding steroid dienone is 4. The number of hydrogen-bond donors (Lipinski definition) is 1. The molecule has 4 rings (SSSR count). The lowest BCUT2D eigenvalue weighted by Crippen LogP contribution is -2.61. The van der Waals surface area contributed by atoms with Gasteiger partial charge in [-0.3, -0.25) is 4.79 Å². The molecule has 6 atom stereocenters. The zero-order valence-corrected chi connectivity index (χ0v) is 18.8. The quantitative estimate of drug-likeness (QED) is 0.680. The van der Waals surface area contributed by atoms with Crippen LogP contribution >= 0.6 is 0 Å². The fraction of sp³-hybridized carbons (Fsp3) is 0.680. The zero-order chi connectivity index (χ0) is 21.9. The van der Waals surface area contributed by atoms with Crippen molar-refractivity contribution >= 4 is 11.9 Å². The molecule has 0 aromatic rings. The summed E-state index contributed by atoms with van der Waals surface area (Å²) in [5.74, 6) is 0.482. The van der Waals surface area contributed by atoms with E-state index in [1.165, 1.54) is 11.6 Å². The fourth-order valence-electron chi connectivity index (χ4n) is 7.04. The monoisotopic (exact) mass is 414 g/mol. The van der Waals surface area contributed by atoms with Crippen LogP contribution in [0.25, 0.3) is 0 Å². The van der Waals surface area contributed by atoms with E-state index in [1.54, 1.807) is 0 Å². The molecule has 2 heterocycles. The van der Waals surface area contributed by atoms with Crippen LogP contribution in [0.2, 0.25) is 0 Å². The molecule has 5 nitrogen and oxygen atoms in total. The molecular weight excluding hydrogens is 380 g/mol. The van der Waals surface area contributed by atoms with Crippen molar-refractivity contribution in [2.45, 2.75) is 84.8 Å². The van der Waals surface area contributed by atoms with Gasteiger partial charge in [0.2, 0.25) is 0 Å². The second kappa shape index (κ2) is 7.08. The van der Waals surface area contributed by atoms with E-state index in [2.05, 4.69) is 20.8 Å². The van der Waals surface area contributed by atoms with Gasteiger partial charge in [-0.05, 0) is 76.4 Å². The average Bonchev–Trinajstić information content (AvgIpc) is 3.08. The summed E-state index contributed by atoms with van der Waals surface area (Å²) in [6.07, 6.45) is 10.3. The first kappa shape index (κ1) is 21.4. The van der Waals surface area contributed by atoms with Crippen LogP contribution in [-0.4, -0.2) is 28.8 Å². The van der Waals surface area contributed by atoms with Crippen molar-refractivity contribution in [2.24, 2.45) is 22.7 Å². The molecule has 0 radical (unpaired) electrons.